The molecule has 0 bridgehead atoms. The Morgan fingerprint density at radius 2 is 1.87 bits per heavy atom. The summed E-state index contributed by atoms with van der Waals surface area (Å²) < 4.78 is 9.47. The molecule has 0 aliphatic rings. The van der Waals surface area contributed by atoms with Crippen LogP contribution in [0.15, 0.2) is 42.5 Å². The normalized spacial score (nSPS) is 11.2. The number of carbonyl (C=O) groups is 3. The second kappa shape index (κ2) is 9.40. The number of ether oxygens (including phenoxy) is 2. The van der Waals surface area contributed by atoms with Crippen LogP contribution in [0.4, 0.5) is 0 Å². The van der Waals surface area contributed by atoms with Gasteiger partial charge in [0.05, 0.1) is 20.1 Å². The lowest BCUT2D eigenvalue weighted by atomic mass is 10.1. The molecule has 0 saturated heterocycles. The molecule has 0 heterocycles. The lowest BCUT2D eigenvalue weighted by molar-refractivity contribution is -0.147. The van der Waals surface area contributed by atoms with E-state index in [1.165, 1.54) is 7.11 Å². The molecule has 1 aromatic rings. The number of esters is 2. The van der Waals surface area contributed by atoms with Gasteiger partial charge in [0, 0.05) is 12.0 Å². The lowest BCUT2D eigenvalue weighted by Gasteiger charge is -2.18. The molecule has 1 amide bonds. The molecule has 0 spiro atoms. The van der Waals surface area contributed by atoms with Gasteiger partial charge in [-0.05, 0) is 12.5 Å². The van der Waals surface area contributed by atoms with Crippen LogP contribution in [-0.2, 0) is 30.3 Å². The zero-order valence-electron chi connectivity index (χ0n) is 13.3. The summed E-state index contributed by atoms with van der Waals surface area (Å²) in [4.78, 5) is 35.3. The van der Waals surface area contributed by atoms with E-state index in [-0.39, 0.29) is 25.0 Å². The average molecular weight is 319 g/mol. The Balaban J connectivity index is 2.76. The molecule has 0 saturated carbocycles. The van der Waals surface area contributed by atoms with Gasteiger partial charge in [0.15, 0.2) is 0 Å². The topological polar surface area (TPSA) is 81.7 Å². The fraction of sp³-hybridized carbons (Fsp3) is 0.353. The molecule has 1 N–H and O–H groups in total. The van der Waals surface area contributed by atoms with Gasteiger partial charge in [0.25, 0.3) is 0 Å². The Kier molecular flexibility index (Phi) is 7.53. The molecule has 1 rings (SSSR count). The average Bonchev–Trinajstić information content (AvgIpc) is 2.55. The van der Waals surface area contributed by atoms with Gasteiger partial charge < -0.3 is 14.8 Å². The van der Waals surface area contributed by atoms with Gasteiger partial charge in [-0.15, -0.1) is 0 Å². The molecule has 23 heavy (non-hydrogen) atoms. The van der Waals surface area contributed by atoms with E-state index in [2.05, 4.69) is 16.6 Å². The number of rotatable bonds is 8. The van der Waals surface area contributed by atoms with Crippen molar-refractivity contribution in [2.45, 2.75) is 25.8 Å². The maximum atomic E-state index is 12.1. The van der Waals surface area contributed by atoms with Crippen LogP contribution in [0.3, 0.4) is 0 Å². The summed E-state index contributed by atoms with van der Waals surface area (Å²) in [6.45, 7) is 5.44. The zero-order valence-corrected chi connectivity index (χ0v) is 13.3. The number of carbonyl (C=O) groups excluding carboxylic acids is 3. The van der Waals surface area contributed by atoms with Crippen molar-refractivity contribution in [1.82, 2.24) is 5.32 Å². The predicted octanol–water partition coefficient (Wildman–Crippen LogP) is 1.40. The summed E-state index contributed by atoms with van der Waals surface area (Å²) in [6, 6.07) is 8.40. The first-order valence-electron chi connectivity index (χ1n) is 7.24. The SMILES string of the molecule is C=C(CC(=O)OC)C(=O)NC(Cc1ccccc1)C(=O)OCC. The summed E-state index contributed by atoms with van der Waals surface area (Å²) >= 11 is 0. The first-order chi connectivity index (χ1) is 11.0. The monoisotopic (exact) mass is 319 g/mol. The highest BCUT2D eigenvalue weighted by Gasteiger charge is 2.24. The van der Waals surface area contributed by atoms with Crippen LogP contribution in [0.1, 0.15) is 18.9 Å². The van der Waals surface area contributed by atoms with Crippen molar-refractivity contribution in [3.05, 3.63) is 48.0 Å². The first kappa shape index (κ1) is 18.4. The van der Waals surface area contributed by atoms with E-state index in [0.29, 0.717) is 0 Å². The summed E-state index contributed by atoms with van der Waals surface area (Å²) in [5.41, 5.74) is 0.906. The molecule has 1 unspecified atom stereocenters. The van der Waals surface area contributed by atoms with Crippen molar-refractivity contribution >= 4 is 17.8 Å². The predicted molar refractivity (Wildman–Crippen MR) is 84.5 cm³/mol. The van der Waals surface area contributed by atoms with E-state index in [9.17, 15) is 14.4 Å². The van der Waals surface area contributed by atoms with E-state index >= 15 is 0 Å². The van der Waals surface area contributed by atoms with Crippen LogP contribution < -0.4 is 5.32 Å². The highest BCUT2D eigenvalue weighted by atomic mass is 16.5. The fourth-order valence-corrected chi connectivity index (χ4v) is 1.87. The minimum atomic E-state index is -0.848. The third-order valence-electron chi connectivity index (χ3n) is 3.07. The molecule has 1 aromatic carbocycles. The van der Waals surface area contributed by atoms with Gasteiger partial charge in [-0.25, -0.2) is 4.79 Å². The summed E-state index contributed by atoms with van der Waals surface area (Å²) in [6.07, 6.45) is 0.0557. The molecule has 0 aliphatic heterocycles. The molecule has 6 heteroatoms. The number of hydrogen-bond acceptors (Lipinski definition) is 5. The van der Waals surface area contributed by atoms with E-state index in [0.717, 1.165) is 5.56 Å². The molecule has 1 atom stereocenters. The molecule has 0 aliphatic carbocycles. The Labute approximate surface area is 135 Å². The van der Waals surface area contributed by atoms with Crippen molar-refractivity contribution in [3.8, 4) is 0 Å². The molecule has 0 aromatic heterocycles. The van der Waals surface area contributed by atoms with Crippen LogP contribution in [-0.4, -0.2) is 37.6 Å². The number of hydrogen-bond donors (Lipinski definition) is 1. The summed E-state index contributed by atoms with van der Waals surface area (Å²) in [5, 5.41) is 2.56. The smallest absolute Gasteiger partial charge is 0.328 e. The Hall–Kier alpha value is -2.63. The standard InChI is InChI=1S/C17H21NO5/c1-4-23-17(21)14(11-13-8-6-5-7-9-13)18-16(20)12(2)10-15(19)22-3/h5-9,14H,2,4,10-11H2,1,3H3,(H,18,20). The van der Waals surface area contributed by atoms with E-state index < -0.39 is 23.9 Å². The lowest BCUT2D eigenvalue weighted by Crippen LogP contribution is -2.44. The van der Waals surface area contributed by atoms with Crippen LogP contribution in [0.25, 0.3) is 0 Å². The minimum absolute atomic E-state index is 0.0270. The largest absolute Gasteiger partial charge is 0.469 e. The maximum Gasteiger partial charge on any atom is 0.328 e. The van der Waals surface area contributed by atoms with Crippen molar-refractivity contribution in [2.24, 2.45) is 0 Å². The van der Waals surface area contributed by atoms with Gasteiger partial charge >= 0.3 is 11.9 Å². The van der Waals surface area contributed by atoms with Crippen molar-refractivity contribution < 1.29 is 23.9 Å². The number of amides is 1. The minimum Gasteiger partial charge on any atom is -0.469 e. The molecular formula is C17H21NO5. The van der Waals surface area contributed by atoms with Crippen molar-refractivity contribution in [3.63, 3.8) is 0 Å². The molecule has 124 valence electrons. The van der Waals surface area contributed by atoms with Gasteiger partial charge in [0.1, 0.15) is 6.04 Å². The molecule has 0 fully saturated rings. The number of nitrogens with one attached hydrogen (secondary N) is 1. The quantitative estimate of drug-likeness (QED) is 0.578. The third kappa shape index (κ3) is 6.34. The van der Waals surface area contributed by atoms with E-state index in [4.69, 9.17) is 4.74 Å². The van der Waals surface area contributed by atoms with Gasteiger partial charge in [-0.3, -0.25) is 9.59 Å². The van der Waals surface area contributed by atoms with E-state index in [1.54, 1.807) is 6.92 Å². The maximum absolute atomic E-state index is 12.1. The fourth-order valence-electron chi connectivity index (χ4n) is 1.87. The molecule has 0 radical (unpaired) electrons. The second-order valence-corrected chi connectivity index (χ2v) is 4.82. The Bertz CT molecular complexity index is 568. The summed E-state index contributed by atoms with van der Waals surface area (Å²) in [7, 11) is 1.23. The Morgan fingerprint density at radius 1 is 1.22 bits per heavy atom. The molecule has 6 nitrogen and oxygen atoms in total. The van der Waals surface area contributed by atoms with Crippen LogP contribution in [0.5, 0.6) is 0 Å². The van der Waals surface area contributed by atoms with Crippen LogP contribution in [0, 0.1) is 0 Å². The van der Waals surface area contributed by atoms with Crippen LogP contribution >= 0.6 is 0 Å². The van der Waals surface area contributed by atoms with Gasteiger partial charge in [-0.2, -0.15) is 0 Å². The van der Waals surface area contributed by atoms with Gasteiger partial charge in [-0.1, -0.05) is 36.9 Å². The van der Waals surface area contributed by atoms with E-state index in [1.807, 2.05) is 30.3 Å². The molecular weight excluding hydrogens is 298 g/mol. The number of benzene rings is 1. The first-order valence-corrected chi connectivity index (χ1v) is 7.24. The third-order valence-corrected chi connectivity index (χ3v) is 3.07. The van der Waals surface area contributed by atoms with Crippen molar-refractivity contribution in [1.29, 1.82) is 0 Å². The summed E-state index contributed by atoms with van der Waals surface area (Å²) in [5.74, 6) is -1.68. The zero-order chi connectivity index (χ0) is 17.2. The highest BCUT2D eigenvalue weighted by Crippen LogP contribution is 2.07. The van der Waals surface area contributed by atoms with Gasteiger partial charge in [0.2, 0.25) is 5.91 Å². The number of methoxy groups -OCH3 is 1. The van der Waals surface area contributed by atoms with Crippen molar-refractivity contribution in [2.75, 3.05) is 13.7 Å². The van der Waals surface area contributed by atoms with Crippen LogP contribution in [0.2, 0.25) is 0 Å². The Morgan fingerprint density at radius 3 is 2.43 bits per heavy atom. The second-order valence-electron chi connectivity index (χ2n) is 4.82. The highest BCUT2D eigenvalue weighted by molar-refractivity contribution is 5.99.